The molecule has 0 aliphatic heterocycles. The van der Waals surface area contributed by atoms with Crippen molar-refractivity contribution in [2.75, 3.05) is 0 Å². The second-order valence-corrected chi connectivity index (χ2v) is 7.71. The van der Waals surface area contributed by atoms with Crippen molar-refractivity contribution in [3.8, 4) is 0 Å². The fourth-order valence-electron chi connectivity index (χ4n) is 5.78. The molecule has 1 N–H and O–H groups in total. The molecule has 0 amide bonds. The van der Waals surface area contributed by atoms with Crippen LogP contribution in [0.2, 0.25) is 0 Å². The minimum atomic E-state index is -0.103. The van der Waals surface area contributed by atoms with Gasteiger partial charge in [-0.15, -0.1) is 0 Å². The number of aryl methyl sites for hydroxylation is 3. The fraction of sp³-hybridized carbons (Fsp3) is 0.684. The van der Waals surface area contributed by atoms with E-state index in [1.807, 2.05) is 0 Å². The van der Waals surface area contributed by atoms with Crippen LogP contribution in [-0.4, -0.2) is 11.2 Å². The van der Waals surface area contributed by atoms with Crippen molar-refractivity contribution in [3.63, 3.8) is 0 Å². The highest BCUT2D eigenvalue weighted by atomic mass is 16.3. The highest BCUT2D eigenvalue weighted by Crippen LogP contribution is 2.70. The monoisotopic (exact) mass is 270 g/mol. The fourth-order valence-corrected chi connectivity index (χ4v) is 5.78. The molecule has 0 aromatic heterocycles. The van der Waals surface area contributed by atoms with Gasteiger partial charge in [0.2, 0.25) is 0 Å². The van der Waals surface area contributed by atoms with E-state index in [2.05, 4.69) is 32.9 Å². The van der Waals surface area contributed by atoms with Gasteiger partial charge in [0.05, 0.1) is 6.10 Å². The topological polar surface area (TPSA) is 20.2 Å². The van der Waals surface area contributed by atoms with Crippen LogP contribution in [-0.2, 0) is 6.42 Å². The van der Waals surface area contributed by atoms with Crippen LogP contribution in [0.4, 0.5) is 0 Å². The molecule has 5 unspecified atom stereocenters. The molecule has 1 nitrogen and oxygen atoms in total. The summed E-state index contributed by atoms with van der Waals surface area (Å²) >= 11 is 0. The van der Waals surface area contributed by atoms with E-state index in [9.17, 15) is 5.11 Å². The van der Waals surface area contributed by atoms with Gasteiger partial charge in [0.25, 0.3) is 0 Å². The SMILES string of the molecule is Cc1cc(C)c(CC(O)C2C3C4CCC(C4)C23)c(C)c1. The van der Waals surface area contributed by atoms with Crippen molar-refractivity contribution in [2.45, 2.75) is 52.6 Å². The van der Waals surface area contributed by atoms with Gasteiger partial charge in [0.15, 0.2) is 0 Å². The Morgan fingerprint density at radius 1 is 1.05 bits per heavy atom. The molecule has 0 spiro atoms. The highest BCUT2D eigenvalue weighted by Gasteiger charge is 2.66. The van der Waals surface area contributed by atoms with E-state index in [-0.39, 0.29) is 6.10 Å². The van der Waals surface area contributed by atoms with Gasteiger partial charge in [-0.05, 0) is 92.7 Å². The van der Waals surface area contributed by atoms with Crippen LogP contribution in [0.25, 0.3) is 0 Å². The van der Waals surface area contributed by atoms with Crippen molar-refractivity contribution >= 4 is 0 Å². The highest BCUT2D eigenvalue weighted by molar-refractivity contribution is 5.38. The first-order chi connectivity index (χ1) is 9.56. The predicted molar refractivity (Wildman–Crippen MR) is 81.7 cm³/mol. The molecule has 3 fully saturated rings. The molecule has 20 heavy (non-hydrogen) atoms. The third kappa shape index (κ3) is 1.79. The molecular weight excluding hydrogens is 244 g/mol. The lowest BCUT2D eigenvalue weighted by molar-refractivity contribution is 0.128. The summed E-state index contributed by atoms with van der Waals surface area (Å²) in [6.07, 6.45) is 5.12. The van der Waals surface area contributed by atoms with Gasteiger partial charge in [0.1, 0.15) is 0 Å². The van der Waals surface area contributed by atoms with Crippen molar-refractivity contribution in [1.29, 1.82) is 0 Å². The second-order valence-electron chi connectivity index (χ2n) is 7.71. The lowest BCUT2D eigenvalue weighted by Crippen LogP contribution is -2.19. The maximum absolute atomic E-state index is 10.7. The summed E-state index contributed by atoms with van der Waals surface area (Å²) < 4.78 is 0. The molecule has 1 aromatic rings. The normalized spacial score (nSPS) is 38.9. The molecule has 5 atom stereocenters. The van der Waals surface area contributed by atoms with Crippen LogP contribution >= 0.6 is 0 Å². The van der Waals surface area contributed by atoms with Crippen LogP contribution in [0.15, 0.2) is 12.1 Å². The van der Waals surface area contributed by atoms with Crippen LogP contribution in [0.1, 0.15) is 41.5 Å². The second kappa shape index (κ2) is 4.34. The van der Waals surface area contributed by atoms with Crippen LogP contribution in [0, 0.1) is 50.4 Å². The minimum absolute atomic E-state index is 0.103. The molecular formula is C19H26O. The molecule has 3 aliphatic rings. The number of benzene rings is 1. The lowest BCUT2D eigenvalue weighted by atomic mass is 9.91. The number of hydrogen-bond donors (Lipinski definition) is 1. The number of aliphatic hydroxyl groups is 1. The average Bonchev–Trinajstić information content (AvgIpc) is 2.82. The smallest absolute Gasteiger partial charge is 0.0614 e. The van der Waals surface area contributed by atoms with Gasteiger partial charge in [0, 0.05) is 0 Å². The summed E-state index contributed by atoms with van der Waals surface area (Å²) in [7, 11) is 0. The van der Waals surface area contributed by atoms with E-state index in [1.54, 1.807) is 0 Å². The van der Waals surface area contributed by atoms with Gasteiger partial charge < -0.3 is 5.11 Å². The van der Waals surface area contributed by atoms with E-state index in [0.717, 1.165) is 30.1 Å². The molecule has 0 heterocycles. The third-order valence-electron chi connectivity index (χ3n) is 6.49. The summed E-state index contributed by atoms with van der Waals surface area (Å²) in [5.74, 6) is 4.32. The Morgan fingerprint density at radius 3 is 2.15 bits per heavy atom. The Labute approximate surface area is 122 Å². The van der Waals surface area contributed by atoms with E-state index in [4.69, 9.17) is 0 Å². The average molecular weight is 270 g/mol. The molecule has 108 valence electrons. The van der Waals surface area contributed by atoms with Gasteiger partial charge in [-0.3, -0.25) is 0 Å². The maximum atomic E-state index is 10.7. The first kappa shape index (κ1) is 12.9. The quantitative estimate of drug-likeness (QED) is 0.885. The molecule has 3 saturated carbocycles. The Hall–Kier alpha value is -0.820. The standard InChI is InChI=1S/C19H26O/c1-10-6-11(2)15(12(3)7-10)9-16(20)19-17-13-4-5-14(8-13)18(17)19/h6-7,13-14,16-20H,4-5,8-9H2,1-3H3. The van der Waals surface area contributed by atoms with Crippen LogP contribution in [0.5, 0.6) is 0 Å². The summed E-state index contributed by atoms with van der Waals surface area (Å²) in [6.45, 7) is 6.54. The first-order valence-electron chi connectivity index (χ1n) is 8.31. The van der Waals surface area contributed by atoms with Crippen LogP contribution in [0.3, 0.4) is 0 Å². The summed E-state index contributed by atoms with van der Waals surface area (Å²) in [6, 6.07) is 4.51. The molecule has 0 saturated heterocycles. The summed E-state index contributed by atoms with van der Waals surface area (Å²) in [4.78, 5) is 0. The maximum Gasteiger partial charge on any atom is 0.0614 e. The largest absolute Gasteiger partial charge is 0.392 e. The van der Waals surface area contributed by atoms with Crippen molar-refractivity contribution in [2.24, 2.45) is 29.6 Å². The molecule has 2 bridgehead atoms. The van der Waals surface area contributed by atoms with Crippen molar-refractivity contribution in [1.82, 2.24) is 0 Å². The zero-order chi connectivity index (χ0) is 14.0. The summed E-state index contributed by atoms with van der Waals surface area (Å²) in [5, 5.41) is 10.7. The van der Waals surface area contributed by atoms with Gasteiger partial charge >= 0.3 is 0 Å². The third-order valence-corrected chi connectivity index (χ3v) is 6.49. The van der Waals surface area contributed by atoms with E-state index < -0.39 is 0 Å². The van der Waals surface area contributed by atoms with Crippen molar-refractivity contribution in [3.05, 3.63) is 34.4 Å². The molecule has 3 aliphatic carbocycles. The Balaban J connectivity index is 1.51. The van der Waals surface area contributed by atoms with Gasteiger partial charge in [-0.1, -0.05) is 17.7 Å². The number of fused-ring (bicyclic) bond motifs is 5. The number of rotatable bonds is 3. The van der Waals surface area contributed by atoms with E-state index in [1.165, 1.54) is 41.5 Å². The Bertz CT molecular complexity index is 508. The summed E-state index contributed by atoms with van der Waals surface area (Å²) in [5.41, 5.74) is 5.44. The lowest BCUT2D eigenvalue weighted by Gasteiger charge is -2.18. The Morgan fingerprint density at radius 2 is 1.60 bits per heavy atom. The van der Waals surface area contributed by atoms with Crippen molar-refractivity contribution < 1.29 is 5.11 Å². The minimum Gasteiger partial charge on any atom is -0.392 e. The van der Waals surface area contributed by atoms with Gasteiger partial charge in [-0.25, -0.2) is 0 Å². The molecule has 1 heteroatoms. The zero-order valence-electron chi connectivity index (χ0n) is 12.9. The predicted octanol–water partition coefficient (Wildman–Crippen LogP) is 3.81. The Kier molecular flexibility index (Phi) is 2.79. The molecule has 0 radical (unpaired) electrons. The molecule has 4 rings (SSSR count). The number of hydrogen-bond acceptors (Lipinski definition) is 1. The van der Waals surface area contributed by atoms with Gasteiger partial charge in [-0.2, -0.15) is 0 Å². The first-order valence-corrected chi connectivity index (χ1v) is 8.31. The van der Waals surface area contributed by atoms with Crippen LogP contribution < -0.4 is 0 Å². The van der Waals surface area contributed by atoms with E-state index in [0.29, 0.717) is 5.92 Å². The molecule has 1 aromatic carbocycles. The zero-order valence-corrected chi connectivity index (χ0v) is 12.9. The van der Waals surface area contributed by atoms with E-state index >= 15 is 0 Å². The number of aliphatic hydroxyl groups excluding tert-OH is 1.